The summed E-state index contributed by atoms with van der Waals surface area (Å²) in [7, 11) is 1.54. The summed E-state index contributed by atoms with van der Waals surface area (Å²) in [6, 6.07) is 10.3. The van der Waals surface area contributed by atoms with Gasteiger partial charge in [0.05, 0.1) is 23.4 Å². The molecule has 0 atom stereocenters. The van der Waals surface area contributed by atoms with Gasteiger partial charge in [-0.2, -0.15) is 0 Å². The van der Waals surface area contributed by atoms with Gasteiger partial charge in [0.15, 0.2) is 0 Å². The first kappa shape index (κ1) is 15.2. The van der Waals surface area contributed by atoms with Crippen molar-refractivity contribution < 1.29 is 9.53 Å². The molecule has 3 nitrogen and oxygen atoms in total. The summed E-state index contributed by atoms with van der Waals surface area (Å²) in [5, 5.41) is 3.14. The van der Waals surface area contributed by atoms with Crippen LogP contribution in [0.15, 0.2) is 45.8 Å². The van der Waals surface area contributed by atoms with Crippen LogP contribution in [0.3, 0.4) is 0 Å². The van der Waals surface area contributed by atoms with Gasteiger partial charge in [-0.1, -0.05) is 27.5 Å². The number of amides is 1. The van der Waals surface area contributed by atoms with Gasteiger partial charge in [-0.25, -0.2) is 0 Å². The number of halogens is 2. The zero-order chi connectivity index (χ0) is 14.7. The Bertz CT molecular complexity index is 664. The number of hydrogen-bond acceptors (Lipinski definition) is 3. The standard InChI is InChI=1S/C14H11BrClNO2S/c1-19-13-5-2-8(15)6-12(13)17-14(18)10-7-9(20)3-4-11(10)16/h2-7,20H,1H3,(H,17,18). The molecular weight excluding hydrogens is 362 g/mol. The predicted molar refractivity (Wildman–Crippen MR) is 87.4 cm³/mol. The van der Waals surface area contributed by atoms with Crippen molar-refractivity contribution in [1.29, 1.82) is 0 Å². The number of methoxy groups -OCH3 is 1. The van der Waals surface area contributed by atoms with E-state index in [0.29, 0.717) is 26.9 Å². The molecule has 6 heteroatoms. The maximum atomic E-state index is 12.3. The number of ether oxygens (including phenoxy) is 1. The van der Waals surface area contributed by atoms with Crippen LogP contribution in [0.1, 0.15) is 10.4 Å². The summed E-state index contributed by atoms with van der Waals surface area (Å²) < 4.78 is 6.04. The first-order valence-corrected chi connectivity index (χ1v) is 7.26. The van der Waals surface area contributed by atoms with Gasteiger partial charge in [0.1, 0.15) is 5.75 Å². The Hall–Kier alpha value is -1.17. The van der Waals surface area contributed by atoms with Crippen LogP contribution in [0.25, 0.3) is 0 Å². The fourth-order valence-corrected chi connectivity index (χ4v) is 2.42. The Kier molecular flexibility index (Phi) is 4.96. The largest absolute Gasteiger partial charge is 0.495 e. The third-order valence-corrected chi connectivity index (χ3v) is 3.71. The van der Waals surface area contributed by atoms with E-state index in [9.17, 15) is 4.79 Å². The lowest BCUT2D eigenvalue weighted by Crippen LogP contribution is -2.13. The van der Waals surface area contributed by atoms with Crippen LogP contribution in [0.2, 0.25) is 5.02 Å². The molecule has 104 valence electrons. The summed E-state index contributed by atoms with van der Waals surface area (Å²) in [6.07, 6.45) is 0. The molecule has 0 fully saturated rings. The lowest BCUT2D eigenvalue weighted by Gasteiger charge is -2.11. The molecule has 0 aliphatic rings. The van der Waals surface area contributed by atoms with Crippen LogP contribution in [-0.4, -0.2) is 13.0 Å². The number of rotatable bonds is 3. The summed E-state index contributed by atoms with van der Waals surface area (Å²) in [5.41, 5.74) is 0.925. The second-order valence-electron chi connectivity index (χ2n) is 3.96. The van der Waals surface area contributed by atoms with Crippen molar-refractivity contribution in [1.82, 2.24) is 0 Å². The van der Waals surface area contributed by atoms with Gasteiger partial charge in [-0.05, 0) is 36.4 Å². The van der Waals surface area contributed by atoms with Crippen molar-refractivity contribution in [2.45, 2.75) is 4.90 Å². The van der Waals surface area contributed by atoms with Gasteiger partial charge in [0, 0.05) is 9.37 Å². The minimum atomic E-state index is -0.317. The highest BCUT2D eigenvalue weighted by molar-refractivity contribution is 9.10. The molecule has 0 heterocycles. The summed E-state index contributed by atoms with van der Waals surface area (Å²) in [6.45, 7) is 0. The molecule has 0 unspecified atom stereocenters. The van der Waals surface area contributed by atoms with E-state index in [4.69, 9.17) is 16.3 Å². The van der Waals surface area contributed by atoms with Crippen molar-refractivity contribution in [3.63, 3.8) is 0 Å². The van der Waals surface area contributed by atoms with Crippen LogP contribution in [-0.2, 0) is 0 Å². The number of thiol groups is 1. The molecule has 2 rings (SSSR count). The normalized spacial score (nSPS) is 10.2. The molecule has 0 saturated heterocycles. The molecule has 0 aromatic heterocycles. The SMILES string of the molecule is COc1ccc(Br)cc1NC(=O)c1cc(S)ccc1Cl. The van der Waals surface area contributed by atoms with Crippen LogP contribution in [0, 0.1) is 0 Å². The fourth-order valence-electron chi connectivity index (χ4n) is 1.65. The number of hydrogen-bond donors (Lipinski definition) is 2. The Morgan fingerprint density at radius 1 is 1.30 bits per heavy atom. The number of benzene rings is 2. The fraction of sp³-hybridized carbons (Fsp3) is 0.0714. The maximum Gasteiger partial charge on any atom is 0.257 e. The lowest BCUT2D eigenvalue weighted by molar-refractivity contribution is 0.102. The second-order valence-corrected chi connectivity index (χ2v) is 5.80. The van der Waals surface area contributed by atoms with Gasteiger partial charge in [0.2, 0.25) is 0 Å². The highest BCUT2D eigenvalue weighted by Crippen LogP contribution is 2.29. The highest BCUT2D eigenvalue weighted by Gasteiger charge is 2.13. The maximum absolute atomic E-state index is 12.3. The Morgan fingerprint density at radius 2 is 2.05 bits per heavy atom. The average molecular weight is 373 g/mol. The van der Waals surface area contributed by atoms with Crippen LogP contribution in [0.4, 0.5) is 5.69 Å². The summed E-state index contributed by atoms with van der Waals surface area (Å²) >= 11 is 13.6. The molecule has 0 aliphatic heterocycles. The molecule has 20 heavy (non-hydrogen) atoms. The van der Waals surface area contributed by atoms with Crippen molar-refractivity contribution in [2.24, 2.45) is 0 Å². The predicted octanol–water partition coefficient (Wildman–Crippen LogP) is 4.65. The smallest absolute Gasteiger partial charge is 0.257 e. The van der Waals surface area contributed by atoms with E-state index in [2.05, 4.69) is 33.9 Å². The quantitative estimate of drug-likeness (QED) is 0.770. The van der Waals surface area contributed by atoms with Crippen LogP contribution < -0.4 is 10.1 Å². The molecule has 2 aromatic rings. The van der Waals surface area contributed by atoms with Gasteiger partial charge < -0.3 is 10.1 Å². The average Bonchev–Trinajstić information content (AvgIpc) is 2.41. The summed E-state index contributed by atoms with van der Waals surface area (Å²) in [5.74, 6) is 0.252. The number of carbonyl (C=O) groups is 1. The first-order valence-electron chi connectivity index (χ1n) is 5.64. The summed E-state index contributed by atoms with van der Waals surface area (Å²) in [4.78, 5) is 12.9. The Balaban J connectivity index is 2.32. The molecular formula is C14H11BrClNO2S. The van der Waals surface area contributed by atoms with Crippen LogP contribution in [0.5, 0.6) is 5.75 Å². The molecule has 0 saturated carbocycles. The molecule has 0 radical (unpaired) electrons. The van der Waals surface area contributed by atoms with Crippen molar-refractivity contribution in [3.8, 4) is 5.75 Å². The topological polar surface area (TPSA) is 38.3 Å². The van der Waals surface area contributed by atoms with E-state index in [1.54, 1.807) is 37.4 Å². The van der Waals surface area contributed by atoms with Crippen molar-refractivity contribution in [2.75, 3.05) is 12.4 Å². The van der Waals surface area contributed by atoms with E-state index in [1.807, 2.05) is 6.07 Å². The van der Waals surface area contributed by atoms with Gasteiger partial charge >= 0.3 is 0 Å². The van der Waals surface area contributed by atoms with E-state index >= 15 is 0 Å². The first-order chi connectivity index (χ1) is 9.51. The van der Waals surface area contributed by atoms with Crippen LogP contribution >= 0.6 is 40.2 Å². The third kappa shape index (κ3) is 3.48. The zero-order valence-corrected chi connectivity index (χ0v) is 13.7. The number of carbonyl (C=O) groups excluding carboxylic acids is 1. The second kappa shape index (κ2) is 6.52. The van der Waals surface area contributed by atoms with E-state index in [1.165, 1.54) is 0 Å². The van der Waals surface area contributed by atoms with Gasteiger partial charge in [-0.15, -0.1) is 12.6 Å². The molecule has 1 amide bonds. The molecule has 0 bridgehead atoms. The third-order valence-electron chi connectivity index (χ3n) is 2.60. The minimum absolute atomic E-state index is 0.317. The molecule has 1 N–H and O–H groups in total. The van der Waals surface area contributed by atoms with Gasteiger partial charge in [0.25, 0.3) is 5.91 Å². The van der Waals surface area contributed by atoms with Crippen molar-refractivity contribution in [3.05, 3.63) is 51.5 Å². The Morgan fingerprint density at radius 3 is 2.75 bits per heavy atom. The highest BCUT2D eigenvalue weighted by atomic mass is 79.9. The van der Waals surface area contributed by atoms with E-state index in [0.717, 1.165) is 4.47 Å². The minimum Gasteiger partial charge on any atom is -0.495 e. The molecule has 0 aliphatic carbocycles. The monoisotopic (exact) mass is 371 g/mol. The number of nitrogens with one attached hydrogen (secondary N) is 1. The van der Waals surface area contributed by atoms with Gasteiger partial charge in [-0.3, -0.25) is 4.79 Å². The van der Waals surface area contributed by atoms with E-state index < -0.39 is 0 Å². The Labute approximate surface area is 135 Å². The lowest BCUT2D eigenvalue weighted by atomic mass is 10.2. The number of anilines is 1. The van der Waals surface area contributed by atoms with Crippen molar-refractivity contribution >= 4 is 51.8 Å². The zero-order valence-electron chi connectivity index (χ0n) is 10.5. The molecule has 0 spiro atoms. The molecule has 2 aromatic carbocycles. The van der Waals surface area contributed by atoms with E-state index in [-0.39, 0.29) is 5.91 Å².